The number of halogens is 2. The van der Waals surface area contributed by atoms with Crippen molar-refractivity contribution in [1.82, 2.24) is 4.90 Å². The molecule has 0 unspecified atom stereocenters. The molecule has 2 aromatic carbocycles. The standard InChI is InChI=1S/C23H21Cl2NO3/c1-13-6-8-14(9-7-13)21(27)19-20(17-11-10-15(24)12-18(17)25)26(23(29)22(19)28)16-4-2-3-5-16/h6-12,16,20,27H,2-5H2,1H3/t20-/m1/s1. The number of likely N-dealkylation sites (tertiary alicyclic amines) is 1. The predicted molar refractivity (Wildman–Crippen MR) is 114 cm³/mol. The molecule has 2 aromatic rings. The molecular formula is C23H21Cl2NO3. The van der Waals surface area contributed by atoms with Crippen molar-refractivity contribution in [3.05, 3.63) is 74.8 Å². The van der Waals surface area contributed by atoms with E-state index in [1.54, 1.807) is 35.2 Å². The molecule has 0 bridgehead atoms. The zero-order chi connectivity index (χ0) is 20.7. The smallest absolute Gasteiger partial charge is 0.295 e. The molecular weight excluding hydrogens is 409 g/mol. The summed E-state index contributed by atoms with van der Waals surface area (Å²) in [6.45, 7) is 1.94. The maximum absolute atomic E-state index is 13.0. The summed E-state index contributed by atoms with van der Waals surface area (Å²) in [5, 5.41) is 11.9. The normalized spacial score (nSPS) is 21.9. The summed E-state index contributed by atoms with van der Waals surface area (Å²) in [7, 11) is 0. The van der Waals surface area contributed by atoms with Crippen LogP contribution >= 0.6 is 23.2 Å². The van der Waals surface area contributed by atoms with E-state index in [0.29, 0.717) is 21.2 Å². The summed E-state index contributed by atoms with van der Waals surface area (Å²) in [6, 6.07) is 11.4. The monoisotopic (exact) mass is 429 g/mol. The predicted octanol–water partition coefficient (Wildman–Crippen LogP) is 5.67. The number of nitrogens with zero attached hydrogens (tertiary/aromatic N) is 1. The Bertz CT molecular complexity index is 1010. The van der Waals surface area contributed by atoms with Crippen LogP contribution in [0, 0.1) is 6.92 Å². The van der Waals surface area contributed by atoms with Crippen molar-refractivity contribution in [1.29, 1.82) is 0 Å². The number of carbonyl (C=O) groups excluding carboxylic acids is 2. The van der Waals surface area contributed by atoms with E-state index in [0.717, 1.165) is 31.2 Å². The number of benzene rings is 2. The number of rotatable bonds is 3. The van der Waals surface area contributed by atoms with E-state index in [2.05, 4.69) is 0 Å². The van der Waals surface area contributed by atoms with E-state index < -0.39 is 17.7 Å². The van der Waals surface area contributed by atoms with Crippen LogP contribution in [0.1, 0.15) is 48.4 Å². The number of ketones is 1. The molecule has 4 nitrogen and oxygen atoms in total. The summed E-state index contributed by atoms with van der Waals surface area (Å²) < 4.78 is 0. The number of amides is 1. The van der Waals surface area contributed by atoms with Gasteiger partial charge in [0.2, 0.25) is 0 Å². The molecule has 1 saturated heterocycles. The van der Waals surface area contributed by atoms with Crippen LogP contribution in [0.5, 0.6) is 0 Å². The van der Waals surface area contributed by atoms with Crippen molar-refractivity contribution < 1.29 is 14.7 Å². The van der Waals surface area contributed by atoms with Gasteiger partial charge in [0.25, 0.3) is 11.7 Å². The van der Waals surface area contributed by atoms with Crippen molar-refractivity contribution in [3.8, 4) is 0 Å². The number of aliphatic hydroxyl groups is 1. The van der Waals surface area contributed by atoms with Gasteiger partial charge in [0.15, 0.2) is 0 Å². The van der Waals surface area contributed by atoms with Crippen molar-refractivity contribution in [3.63, 3.8) is 0 Å². The lowest BCUT2D eigenvalue weighted by Gasteiger charge is -2.31. The molecule has 0 spiro atoms. The van der Waals surface area contributed by atoms with Gasteiger partial charge in [0.05, 0.1) is 11.6 Å². The molecule has 29 heavy (non-hydrogen) atoms. The summed E-state index contributed by atoms with van der Waals surface area (Å²) in [4.78, 5) is 27.7. The molecule has 1 saturated carbocycles. The summed E-state index contributed by atoms with van der Waals surface area (Å²) in [5.41, 5.74) is 2.20. The Balaban J connectivity index is 1.91. The summed E-state index contributed by atoms with van der Waals surface area (Å²) in [5.74, 6) is -1.44. The van der Waals surface area contributed by atoms with Crippen LogP contribution in [0.25, 0.3) is 5.76 Å². The molecule has 150 valence electrons. The summed E-state index contributed by atoms with van der Waals surface area (Å²) >= 11 is 12.5. The number of hydrogen-bond donors (Lipinski definition) is 1. The van der Waals surface area contributed by atoms with Crippen LogP contribution in [-0.4, -0.2) is 27.7 Å². The Morgan fingerprint density at radius 1 is 1.03 bits per heavy atom. The van der Waals surface area contributed by atoms with Crippen molar-refractivity contribution in [2.45, 2.75) is 44.7 Å². The van der Waals surface area contributed by atoms with Crippen molar-refractivity contribution >= 4 is 40.7 Å². The lowest BCUT2D eigenvalue weighted by atomic mass is 9.94. The maximum Gasteiger partial charge on any atom is 0.295 e. The molecule has 0 aromatic heterocycles. The molecule has 1 atom stereocenters. The molecule has 1 aliphatic carbocycles. The number of Topliss-reactive ketones (excluding diaryl/α,β-unsaturated/α-hetero) is 1. The van der Waals surface area contributed by atoms with Crippen molar-refractivity contribution in [2.24, 2.45) is 0 Å². The van der Waals surface area contributed by atoms with E-state index in [1.807, 2.05) is 19.1 Å². The first-order chi connectivity index (χ1) is 13.9. The average Bonchev–Trinajstić information content (AvgIpc) is 3.29. The van der Waals surface area contributed by atoms with Crippen molar-refractivity contribution in [2.75, 3.05) is 0 Å². The van der Waals surface area contributed by atoms with Crippen LogP contribution in [-0.2, 0) is 9.59 Å². The number of aryl methyl sites for hydroxylation is 1. The SMILES string of the molecule is Cc1ccc(C(O)=C2C(=O)C(=O)N(C3CCCC3)[C@@H]2c2ccc(Cl)cc2Cl)cc1. The third-order valence-corrected chi connectivity index (χ3v) is 6.34. The second-order valence-electron chi connectivity index (χ2n) is 7.68. The fourth-order valence-corrected chi connectivity index (χ4v) is 4.82. The second-order valence-corrected chi connectivity index (χ2v) is 8.52. The second kappa shape index (κ2) is 7.85. The van der Waals surface area contributed by atoms with Gasteiger partial charge in [-0.1, -0.05) is 71.9 Å². The Hall–Kier alpha value is -2.30. The zero-order valence-corrected chi connectivity index (χ0v) is 17.5. The Morgan fingerprint density at radius 2 is 1.69 bits per heavy atom. The van der Waals surface area contributed by atoms with E-state index >= 15 is 0 Å². The minimum atomic E-state index is -0.732. The van der Waals surface area contributed by atoms with Crippen LogP contribution in [0.2, 0.25) is 10.0 Å². The first-order valence-corrected chi connectivity index (χ1v) is 10.5. The van der Waals surface area contributed by atoms with E-state index in [4.69, 9.17) is 23.2 Å². The number of carbonyl (C=O) groups is 2. The molecule has 1 aliphatic heterocycles. The molecule has 0 radical (unpaired) electrons. The Kier molecular flexibility index (Phi) is 5.41. The van der Waals surface area contributed by atoms with Gasteiger partial charge in [0.1, 0.15) is 5.76 Å². The lowest BCUT2D eigenvalue weighted by molar-refractivity contribution is -0.141. The highest BCUT2D eigenvalue weighted by atomic mass is 35.5. The molecule has 1 N–H and O–H groups in total. The first-order valence-electron chi connectivity index (χ1n) is 9.70. The summed E-state index contributed by atoms with van der Waals surface area (Å²) in [6.07, 6.45) is 3.68. The fourth-order valence-electron chi connectivity index (χ4n) is 4.30. The highest BCUT2D eigenvalue weighted by Crippen LogP contribution is 2.45. The van der Waals surface area contributed by atoms with Gasteiger partial charge in [-0.25, -0.2) is 0 Å². The molecule has 2 aliphatic rings. The van der Waals surface area contributed by atoms with Gasteiger partial charge in [0, 0.05) is 21.7 Å². The Morgan fingerprint density at radius 3 is 2.31 bits per heavy atom. The van der Waals surface area contributed by atoms with Gasteiger partial charge in [-0.15, -0.1) is 0 Å². The van der Waals surface area contributed by atoms with Crippen LogP contribution < -0.4 is 0 Å². The minimum absolute atomic E-state index is 0.0495. The van der Waals surface area contributed by atoms with E-state index in [1.165, 1.54) is 0 Å². The van der Waals surface area contributed by atoms with Gasteiger partial charge >= 0.3 is 0 Å². The topological polar surface area (TPSA) is 57.6 Å². The first kappa shape index (κ1) is 20.0. The largest absolute Gasteiger partial charge is 0.507 e. The van der Waals surface area contributed by atoms with Crippen LogP contribution in [0.15, 0.2) is 48.0 Å². The van der Waals surface area contributed by atoms with Gasteiger partial charge in [-0.2, -0.15) is 0 Å². The van der Waals surface area contributed by atoms with E-state index in [-0.39, 0.29) is 17.4 Å². The molecule has 6 heteroatoms. The highest BCUT2D eigenvalue weighted by Gasteiger charge is 2.49. The molecule has 4 rings (SSSR count). The Labute approximate surface area is 179 Å². The average molecular weight is 430 g/mol. The van der Waals surface area contributed by atoms with Crippen LogP contribution in [0.4, 0.5) is 0 Å². The minimum Gasteiger partial charge on any atom is -0.507 e. The van der Waals surface area contributed by atoms with Gasteiger partial charge < -0.3 is 10.0 Å². The highest BCUT2D eigenvalue weighted by molar-refractivity contribution is 6.47. The van der Waals surface area contributed by atoms with E-state index in [9.17, 15) is 14.7 Å². The lowest BCUT2D eigenvalue weighted by Crippen LogP contribution is -2.37. The molecule has 2 fully saturated rings. The third-order valence-electron chi connectivity index (χ3n) is 5.78. The van der Waals surface area contributed by atoms with Crippen LogP contribution in [0.3, 0.4) is 0 Å². The fraction of sp³-hybridized carbons (Fsp3) is 0.304. The third kappa shape index (κ3) is 3.56. The molecule has 1 amide bonds. The zero-order valence-electron chi connectivity index (χ0n) is 16.0. The molecule has 1 heterocycles. The van der Waals surface area contributed by atoms with Gasteiger partial charge in [-0.3, -0.25) is 9.59 Å². The van der Waals surface area contributed by atoms with Gasteiger partial charge in [-0.05, 0) is 37.5 Å². The quantitative estimate of drug-likeness (QED) is 0.388. The number of aliphatic hydroxyl groups excluding tert-OH is 1. The number of hydrogen-bond acceptors (Lipinski definition) is 3. The maximum atomic E-state index is 13.0.